The number of nitrogens with one attached hydrogen (secondary N) is 1. The van der Waals surface area contributed by atoms with E-state index in [0.717, 1.165) is 4.57 Å². The van der Waals surface area contributed by atoms with E-state index in [-0.39, 0.29) is 12.0 Å². The zero-order chi connectivity index (χ0) is 20.3. The minimum absolute atomic E-state index is 0.0245. The smallest absolute Gasteiger partial charge is 0.390 e. The summed E-state index contributed by atoms with van der Waals surface area (Å²) in [5.41, 5.74) is -0.716. The summed E-state index contributed by atoms with van der Waals surface area (Å²) >= 11 is 0. The van der Waals surface area contributed by atoms with Crippen LogP contribution in [0.5, 0.6) is 0 Å². The fourth-order valence-corrected chi connectivity index (χ4v) is 3.00. The van der Waals surface area contributed by atoms with Gasteiger partial charge in [-0.2, -0.15) is 0 Å². The molecule has 2 heterocycles. The van der Waals surface area contributed by atoms with Gasteiger partial charge >= 0.3 is 13.5 Å². The maximum absolute atomic E-state index is 12.1. The predicted octanol–water partition coefficient (Wildman–Crippen LogP) is -0.306. The van der Waals surface area contributed by atoms with E-state index in [1.807, 2.05) is 6.07 Å². The highest BCUT2D eigenvalue weighted by Gasteiger charge is 2.37. The Morgan fingerprint density at radius 2 is 1.96 bits per heavy atom. The fraction of sp³-hybridized carbons (Fsp3) is 0.294. The van der Waals surface area contributed by atoms with Gasteiger partial charge in [0, 0.05) is 18.2 Å². The monoisotopic (exact) mass is 408 g/mol. The number of aliphatic hydroxyl groups excluding tert-OH is 1. The molecule has 10 nitrogen and oxygen atoms in total. The van der Waals surface area contributed by atoms with Crippen molar-refractivity contribution >= 4 is 7.82 Å². The van der Waals surface area contributed by atoms with Crippen molar-refractivity contribution in [2.75, 3.05) is 6.61 Å². The van der Waals surface area contributed by atoms with Gasteiger partial charge in [-0.3, -0.25) is 18.9 Å². The topological polar surface area (TPSA) is 151 Å². The van der Waals surface area contributed by atoms with E-state index in [2.05, 4.69) is 21.3 Å². The number of benzene rings is 1. The Kier molecular flexibility index (Phi) is 5.96. The summed E-state index contributed by atoms with van der Waals surface area (Å²) in [7, 11) is -4.72. The third-order valence-corrected chi connectivity index (χ3v) is 4.49. The highest BCUT2D eigenvalue weighted by atomic mass is 31.2. The van der Waals surface area contributed by atoms with E-state index in [4.69, 9.17) is 14.5 Å². The van der Waals surface area contributed by atoms with Gasteiger partial charge in [0.25, 0.3) is 5.56 Å². The zero-order valence-corrected chi connectivity index (χ0v) is 15.3. The first kappa shape index (κ1) is 20.2. The Balaban J connectivity index is 1.83. The summed E-state index contributed by atoms with van der Waals surface area (Å²) in [6, 6.07) is 8.94. The molecule has 3 atom stereocenters. The van der Waals surface area contributed by atoms with E-state index in [1.54, 1.807) is 24.3 Å². The quantitative estimate of drug-likeness (QED) is 0.397. The van der Waals surface area contributed by atoms with Crippen molar-refractivity contribution < 1.29 is 28.7 Å². The average Bonchev–Trinajstić information content (AvgIpc) is 3.00. The van der Waals surface area contributed by atoms with Crippen LogP contribution in [0.1, 0.15) is 23.8 Å². The molecule has 3 unspecified atom stereocenters. The van der Waals surface area contributed by atoms with Crippen LogP contribution in [0.4, 0.5) is 0 Å². The second-order valence-corrected chi connectivity index (χ2v) is 7.28. The molecule has 0 spiro atoms. The molecule has 0 aliphatic carbocycles. The lowest BCUT2D eigenvalue weighted by Gasteiger charge is -2.16. The molecule has 4 N–H and O–H groups in total. The van der Waals surface area contributed by atoms with E-state index in [0.29, 0.717) is 5.56 Å². The first-order valence-corrected chi connectivity index (χ1v) is 9.72. The standard InChI is InChI=1S/C17H17N2O8P/c20-13-8-15(27-14(13)10-26-28(23,24)25)19-9-12(16(21)18-17(19)22)7-6-11-4-2-1-3-5-11/h1-5,9,13-15,20H,8,10H2,(H,18,21,22)(H2,23,24,25). The van der Waals surface area contributed by atoms with Crippen LogP contribution in [-0.2, 0) is 13.8 Å². The molecule has 2 aromatic rings. The van der Waals surface area contributed by atoms with E-state index >= 15 is 0 Å². The molecule has 0 bridgehead atoms. The summed E-state index contributed by atoms with van der Waals surface area (Å²) in [5.74, 6) is 5.50. The lowest BCUT2D eigenvalue weighted by Crippen LogP contribution is -2.33. The molecule has 3 rings (SSSR count). The van der Waals surface area contributed by atoms with Gasteiger partial charge in [-0.1, -0.05) is 30.0 Å². The van der Waals surface area contributed by atoms with Crippen LogP contribution < -0.4 is 11.2 Å². The van der Waals surface area contributed by atoms with Crippen molar-refractivity contribution in [1.82, 2.24) is 9.55 Å². The second-order valence-electron chi connectivity index (χ2n) is 6.04. The maximum atomic E-state index is 12.1. The predicted molar refractivity (Wildman–Crippen MR) is 96.3 cm³/mol. The first-order valence-electron chi connectivity index (χ1n) is 8.19. The molecular weight excluding hydrogens is 391 g/mol. The van der Waals surface area contributed by atoms with Gasteiger partial charge in [0.05, 0.1) is 12.7 Å². The van der Waals surface area contributed by atoms with Crippen LogP contribution in [-0.4, -0.2) is 43.3 Å². The SMILES string of the molecule is O=c1[nH]c(=O)n(C2CC(O)C(COP(=O)(O)O)O2)cc1C#Cc1ccccc1. The summed E-state index contributed by atoms with van der Waals surface area (Å²) in [4.78, 5) is 43.8. The van der Waals surface area contributed by atoms with Crippen molar-refractivity contribution in [3.63, 3.8) is 0 Å². The number of aromatic amines is 1. The fourth-order valence-electron chi connectivity index (χ4n) is 2.66. The van der Waals surface area contributed by atoms with Crippen molar-refractivity contribution in [1.29, 1.82) is 0 Å². The van der Waals surface area contributed by atoms with Crippen molar-refractivity contribution in [2.45, 2.75) is 24.9 Å². The lowest BCUT2D eigenvalue weighted by atomic mass is 10.2. The van der Waals surface area contributed by atoms with Gasteiger partial charge in [0.15, 0.2) is 0 Å². The first-order chi connectivity index (χ1) is 13.2. The van der Waals surface area contributed by atoms with Gasteiger partial charge in [-0.15, -0.1) is 0 Å². The van der Waals surface area contributed by atoms with Gasteiger partial charge in [-0.05, 0) is 12.1 Å². The molecule has 1 aliphatic heterocycles. The molecule has 1 aromatic heterocycles. The van der Waals surface area contributed by atoms with E-state index < -0.39 is 44.1 Å². The third kappa shape index (κ3) is 5.05. The third-order valence-electron chi connectivity index (χ3n) is 4.00. The summed E-state index contributed by atoms with van der Waals surface area (Å²) in [6.45, 7) is -0.555. The molecule has 11 heteroatoms. The molecule has 1 fully saturated rings. The second kappa shape index (κ2) is 8.24. The number of nitrogens with zero attached hydrogens (tertiary/aromatic N) is 1. The number of aliphatic hydroxyl groups is 1. The largest absolute Gasteiger partial charge is 0.469 e. The number of ether oxygens (including phenoxy) is 1. The van der Waals surface area contributed by atoms with Gasteiger partial charge in [0.2, 0.25) is 0 Å². The van der Waals surface area contributed by atoms with E-state index in [9.17, 15) is 19.3 Å². The number of hydrogen-bond acceptors (Lipinski definition) is 6. The molecule has 0 saturated carbocycles. The highest BCUT2D eigenvalue weighted by Crippen LogP contribution is 2.38. The van der Waals surface area contributed by atoms with Crippen LogP contribution in [0.15, 0.2) is 46.1 Å². The lowest BCUT2D eigenvalue weighted by molar-refractivity contribution is -0.0451. The number of hydrogen-bond donors (Lipinski definition) is 4. The molecule has 0 amide bonds. The number of phosphoric acid groups is 1. The minimum atomic E-state index is -4.72. The summed E-state index contributed by atoms with van der Waals surface area (Å²) < 4.78 is 21.7. The van der Waals surface area contributed by atoms with Crippen molar-refractivity contribution in [3.05, 3.63) is 68.5 Å². The van der Waals surface area contributed by atoms with Crippen LogP contribution >= 0.6 is 7.82 Å². The van der Waals surface area contributed by atoms with E-state index in [1.165, 1.54) is 6.20 Å². The Morgan fingerprint density at radius 3 is 2.64 bits per heavy atom. The Morgan fingerprint density at radius 1 is 1.25 bits per heavy atom. The van der Waals surface area contributed by atoms with Crippen LogP contribution in [0, 0.1) is 11.8 Å². The Bertz CT molecular complexity index is 1060. The zero-order valence-electron chi connectivity index (χ0n) is 14.4. The van der Waals surface area contributed by atoms with Crippen molar-refractivity contribution in [3.8, 4) is 11.8 Å². The molecule has 0 radical (unpaired) electrons. The Labute approximate surface area is 158 Å². The number of aromatic nitrogens is 2. The molecular formula is C17H17N2O8P. The highest BCUT2D eigenvalue weighted by molar-refractivity contribution is 7.46. The normalized spacial score (nSPS) is 21.9. The summed E-state index contributed by atoms with van der Waals surface area (Å²) in [5, 5.41) is 10.0. The summed E-state index contributed by atoms with van der Waals surface area (Å²) in [6.07, 6.45) is -1.93. The van der Waals surface area contributed by atoms with Gasteiger partial charge < -0.3 is 19.6 Å². The van der Waals surface area contributed by atoms with Gasteiger partial charge in [-0.25, -0.2) is 9.36 Å². The molecule has 1 aliphatic rings. The molecule has 28 heavy (non-hydrogen) atoms. The Hall–Kier alpha value is -2.51. The van der Waals surface area contributed by atoms with Crippen LogP contribution in [0.2, 0.25) is 0 Å². The number of H-pyrrole nitrogens is 1. The number of phosphoric ester groups is 1. The minimum Gasteiger partial charge on any atom is -0.390 e. The maximum Gasteiger partial charge on any atom is 0.469 e. The molecule has 1 saturated heterocycles. The van der Waals surface area contributed by atoms with Crippen molar-refractivity contribution in [2.24, 2.45) is 0 Å². The number of rotatable bonds is 4. The molecule has 1 aromatic carbocycles. The average molecular weight is 408 g/mol. The van der Waals surface area contributed by atoms with Gasteiger partial charge in [0.1, 0.15) is 17.9 Å². The van der Waals surface area contributed by atoms with Crippen LogP contribution in [0.25, 0.3) is 0 Å². The van der Waals surface area contributed by atoms with Crippen LogP contribution in [0.3, 0.4) is 0 Å². The molecule has 148 valence electrons.